The van der Waals surface area contributed by atoms with Crippen LogP contribution in [0.5, 0.6) is 0 Å². The Morgan fingerprint density at radius 3 is 2.33 bits per heavy atom. The molecule has 0 N–H and O–H groups in total. The van der Waals surface area contributed by atoms with Crippen LogP contribution in [0, 0.1) is 0 Å². The third kappa shape index (κ3) is 2.94. The molecule has 0 saturated carbocycles. The molecule has 0 aliphatic carbocycles. The average Bonchev–Trinajstić information content (AvgIpc) is 2.12. The molecule has 12 heavy (non-hydrogen) atoms. The van der Waals surface area contributed by atoms with Crippen LogP contribution in [0.25, 0.3) is 0 Å². The molecular formula is C10H21NO. The summed E-state index contributed by atoms with van der Waals surface area (Å²) in [6, 6.07) is 0. The van der Waals surface area contributed by atoms with Gasteiger partial charge in [-0.3, -0.25) is 4.99 Å². The van der Waals surface area contributed by atoms with E-state index < -0.39 is 0 Å². The van der Waals surface area contributed by atoms with Crippen LogP contribution in [0.15, 0.2) is 4.99 Å². The van der Waals surface area contributed by atoms with Crippen molar-refractivity contribution >= 4 is 5.71 Å². The summed E-state index contributed by atoms with van der Waals surface area (Å²) in [6.45, 7) is 9.19. The van der Waals surface area contributed by atoms with Gasteiger partial charge < -0.3 is 4.74 Å². The molecule has 0 aromatic rings. The van der Waals surface area contributed by atoms with Crippen LogP contribution in [0.3, 0.4) is 0 Å². The topological polar surface area (TPSA) is 21.6 Å². The number of rotatable bonds is 5. The zero-order chi connectivity index (χ0) is 9.61. The maximum absolute atomic E-state index is 5.75. The van der Waals surface area contributed by atoms with Gasteiger partial charge in [0.15, 0.2) is 0 Å². The lowest BCUT2D eigenvalue weighted by molar-refractivity contribution is 0.0182. The third-order valence-corrected chi connectivity index (χ3v) is 2.40. The molecule has 0 spiro atoms. The molecule has 1 unspecified atom stereocenters. The molecule has 0 fully saturated rings. The first kappa shape index (κ1) is 11.6. The first-order chi connectivity index (χ1) is 5.60. The van der Waals surface area contributed by atoms with Crippen molar-refractivity contribution in [2.45, 2.75) is 46.1 Å². The number of aliphatic imine (C=N–C) groups is 1. The fourth-order valence-corrected chi connectivity index (χ4v) is 1.03. The van der Waals surface area contributed by atoms with Crippen molar-refractivity contribution in [2.75, 3.05) is 13.7 Å². The lowest BCUT2D eigenvalue weighted by Gasteiger charge is -2.28. The number of hydrogen-bond acceptors (Lipinski definition) is 2. The number of hydrogen-bond donors (Lipinski definition) is 0. The molecule has 0 amide bonds. The van der Waals surface area contributed by atoms with E-state index in [1.807, 2.05) is 14.0 Å². The number of ether oxygens (including phenoxy) is 1. The van der Waals surface area contributed by atoms with E-state index in [1.165, 1.54) is 0 Å². The maximum atomic E-state index is 5.75. The molecular weight excluding hydrogens is 150 g/mol. The summed E-state index contributed by atoms with van der Waals surface area (Å²) < 4.78 is 5.75. The largest absolute Gasteiger partial charge is 0.369 e. The zero-order valence-electron chi connectivity index (χ0n) is 8.98. The van der Waals surface area contributed by atoms with E-state index >= 15 is 0 Å². The van der Waals surface area contributed by atoms with Gasteiger partial charge in [-0.2, -0.15) is 0 Å². The van der Waals surface area contributed by atoms with E-state index in [0.29, 0.717) is 0 Å². The molecule has 0 aliphatic rings. The predicted molar refractivity (Wildman–Crippen MR) is 54.0 cm³/mol. The molecule has 2 nitrogen and oxygen atoms in total. The van der Waals surface area contributed by atoms with Crippen molar-refractivity contribution in [3.8, 4) is 0 Å². The highest BCUT2D eigenvalue weighted by molar-refractivity contribution is 5.89. The monoisotopic (exact) mass is 171 g/mol. The molecule has 0 radical (unpaired) electrons. The Hall–Kier alpha value is -0.370. The Bertz CT molecular complexity index is 154. The van der Waals surface area contributed by atoms with Gasteiger partial charge in [0.25, 0.3) is 0 Å². The lowest BCUT2D eigenvalue weighted by Crippen LogP contribution is -2.36. The molecule has 0 aromatic carbocycles. The van der Waals surface area contributed by atoms with Gasteiger partial charge in [0, 0.05) is 19.4 Å². The van der Waals surface area contributed by atoms with E-state index in [-0.39, 0.29) is 5.60 Å². The molecule has 2 heteroatoms. The van der Waals surface area contributed by atoms with Crippen LogP contribution in [0.4, 0.5) is 0 Å². The second-order valence-electron chi connectivity index (χ2n) is 3.24. The fraction of sp³-hybridized carbons (Fsp3) is 0.900. The number of nitrogens with zero attached hydrogens (tertiary/aromatic N) is 1. The Labute approximate surface area is 76.0 Å². The van der Waals surface area contributed by atoms with Gasteiger partial charge in [0.05, 0.1) is 0 Å². The fourth-order valence-electron chi connectivity index (χ4n) is 1.03. The second-order valence-corrected chi connectivity index (χ2v) is 3.24. The van der Waals surface area contributed by atoms with Gasteiger partial charge in [-0.25, -0.2) is 0 Å². The highest BCUT2D eigenvalue weighted by Crippen LogP contribution is 2.17. The van der Waals surface area contributed by atoms with Crippen LogP contribution in [-0.4, -0.2) is 25.0 Å². The molecule has 0 aromatic heterocycles. The van der Waals surface area contributed by atoms with Gasteiger partial charge in [-0.15, -0.1) is 0 Å². The first-order valence-electron chi connectivity index (χ1n) is 4.68. The predicted octanol–water partition coefficient (Wildman–Crippen LogP) is 2.67. The quantitative estimate of drug-likeness (QED) is 0.583. The first-order valence-corrected chi connectivity index (χ1v) is 4.68. The average molecular weight is 171 g/mol. The summed E-state index contributed by atoms with van der Waals surface area (Å²) in [5.41, 5.74) is 0.934. The smallest absolute Gasteiger partial charge is 0.102 e. The van der Waals surface area contributed by atoms with Crippen LogP contribution in [0.1, 0.15) is 40.5 Å². The van der Waals surface area contributed by atoms with Gasteiger partial charge in [0.1, 0.15) is 5.60 Å². The third-order valence-electron chi connectivity index (χ3n) is 2.40. The van der Waals surface area contributed by atoms with E-state index in [1.54, 1.807) is 0 Å². The molecule has 0 rings (SSSR count). The van der Waals surface area contributed by atoms with Crippen LogP contribution in [-0.2, 0) is 4.74 Å². The van der Waals surface area contributed by atoms with Gasteiger partial charge >= 0.3 is 0 Å². The Morgan fingerprint density at radius 1 is 1.42 bits per heavy atom. The molecule has 0 bridgehead atoms. The standard InChI is InChI=1S/C10H21NO/c1-6-8-12-10(4,7-2)9(3)11-5/h6-8H2,1-5H3. The summed E-state index contributed by atoms with van der Waals surface area (Å²) >= 11 is 0. The Balaban J connectivity index is 4.23. The summed E-state index contributed by atoms with van der Waals surface area (Å²) in [4.78, 5) is 4.18. The van der Waals surface area contributed by atoms with Crippen molar-refractivity contribution in [3.63, 3.8) is 0 Å². The molecule has 0 heterocycles. The summed E-state index contributed by atoms with van der Waals surface area (Å²) in [5.74, 6) is 0. The Morgan fingerprint density at radius 2 is 2.00 bits per heavy atom. The zero-order valence-corrected chi connectivity index (χ0v) is 8.98. The van der Waals surface area contributed by atoms with E-state index in [0.717, 1.165) is 25.2 Å². The minimum absolute atomic E-state index is 0.148. The van der Waals surface area contributed by atoms with Crippen molar-refractivity contribution in [3.05, 3.63) is 0 Å². The van der Waals surface area contributed by atoms with Crippen molar-refractivity contribution in [2.24, 2.45) is 4.99 Å². The Kier molecular flexibility index (Phi) is 5.14. The molecule has 0 saturated heterocycles. The van der Waals surface area contributed by atoms with E-state index in [4.69, 9.17) is 4.74 Å². The van der Waals surface area contributed by atoms with E-state index in [9.17, 15) is 0 Å². The minimum Gasteiger partial charge on any atom is -0.369 e. The van der Waals surface area contributed by atoms with Crippen molar-refractivity contribution in [1.82, 2.24) is 0 Å². The summed E-state index contributed by atoms with van der Waals surface area (Å²) in [6.07, 6.45) is 2.04. The normalized spacial score (nSPS) is 17.6. The maximum Gasteiger partial charge on any atom is 0.102 e. The summed E-state index contributed by atoms with van der Waals surface area (Å²) in [7, 11) is 1.82. The highest BCUT2D eigenvalue weighted by Gasteiger charge is 2.25. The summed E-state index contributed by atoms with van der Waals surface area (Å²) in [5, 5.41) is 0. The van der Waals surface area contributed by atoms with E-state index in [2.05, 4.69) is 25.8 Å². The van der Waals surface area contributed by atoms with Crippen LogP contribution in [0.2, 0.25) is 0 Å². The van der Waals surface area contributed by atoms with Crippen molar-refractivity contribution in [1.29, 1.82) is 0 Å². The lowest BCUT2D eigenvalue weighted by atomic mass is 9.97. The molecule has 0 aliphatic heterocycles. The van der Waals surface area contributed by atoms with Crippen LogP contribution >= 0.6 is 0 Å². The SMILES string of the molecule is CCCOC(C)(CC)C(C)=NC. The minimum atomic E-state index is -0.148. The second kappa shape index (κ2) is 5.31. The highest BCUT2D eigenvalue weighted by atomic mass is 16.5. The van der Waals surface area contributed by atoms with Crippen LogP contribution < -0.4 is 0 Å². The van der Waals surface area contributed by atoms with Crippen molar-refractivity contribution < 1.29 is 4.74 Å². The van der Waals surface area contributed by atoms with Gasteiger partial charge in [-0.1, -0.05) is 13.8 Å². The molecule has 72 valence electrons. The molecule has 1 atom stereocenters. The van der Waals surface area contributed by atoms with Gasteiger partial charge in [-0.05, 0) is 26.7 Å². The van der Waals surface area contributed by atoms with Gasteiger partial charge in [0.2, 0.25) is 0 Å².